The van der Waals surface area contributed by atoms with Gasteiger partial charge in [0.15, 0.2) is 5.96 Å². The predicted octanol–water partition coefficient (Wildman–Crippen LogP) is 2.71. The minimum atomic E-state index is -0.536. The van der Waals surface area contributed by atoms with Gasteiger partial charge in [-0.15, -0.1) is 24.0 Å². The Morgan fingerprint density at radius 2 is 1.87 bits per heavy atom. The summed E-state index contributed by atoms with van der Waals surface area (Å²) in [5.74, 6) is 0.508. The Morgan fingerprint density at radius 1 is 1.26 bits per heavy atom. The molecule has 1 aromatic rings. The molecule has 1 unspecified atom stereocenters. The second kappa shape index (κ2) is 11.9. The van der Waals surface area contributed by atoms with Crippen molar-refractivity contribution < 1.29 is 8.78 Å². The number of rotatable bonds is 7. The molecule has 0 radical (unpaired) electrons. The van der Waals surface area contributed by atoms with Gasteiger partial charge in [-0.05, 0) is 32.5 Å². The molecule has 0 spiro atoms. The third-order valence-electron chi connectivity index (χ3n) is 3.24. The number of aliphatic imine (C=N–C) groups is 1. The van der Waals surface area contributed by atoms with Gasteiger partial charge < -0.3 is 15.5 Å². The normalized spacial score (nSPS) is 12.7. The first-order chi connectivity index (χ1) is 10.5. The first kappa shape index (κ1) is 22.4. The summed E-state index contributed by atoms with van der Waals surface area (Å²) in [6.07, 6.45) is 2.03. The molecule has 0 saturated heterocycles. The molecule has 132 valence electrons. The van der Waals surface area contributed by atoms with E-state index in [0.717, 1.165) is 12.3 Å². The van der Waals surface area contributed by atoms with E-state index in [9.17, 15) is 8.78 Å². The van der Waals surface area contributed by atoms with Crippen molar-refractivity contribution in [3.05, 3.63) is 35.4 Å². The van der Waals surface area contributed by atoms with Crippen molar-refractivity contribution in [1.82, 2.24) is 15.5 Å². The summed E-state index contributed by atoms with van der Waals surface area (Å²) in [5.41, 5.74) is 0.0690. The minimum absolute atomic E-state index is 0. The number of likely N-dealkylation sites (N-methyl/N-ethyl adjacent to an activating group) is 1. The average Bonchev–Trinajstić information content (AvgIpc) is 2.47. The minimum Gasteiger partial charge on any atom is -0.356 e. The Hall–Kier alpha value is -0.610. The third kappa shape index (κ3) is 7.21. The number of benzene rings is 1. The predicted molar refractivity (Wildman–Crippen MR) is 106 cm³/mol. The summed E-state index contributed by atoms with van der Waals surface area (Å²) in [7, 11) is 5.26. The van der Waals surface area contributed by atoms with Crippen molar-refractivity contribution in [2.45, 2.75) is 6.04 Å². The molecule has 8 heteroatoms. The molecule has 2 N–H and O–H groups in total. The number of hydrogen-bond acceptors (Lipinski definition) is 3. The number of hydrogen-bond donors (Lipinski definition) is 2. The number of nitrogens with zero attached hydrogens (tertiary/aromatic N) is 2. The Bertz CT molecular complexity index is 480. The van der Waals surface area contributed by atoms with E-state index in [4.69, 9.17) is 0 Å². The zero-order chi connectivity index (χ0) is 16.5. The van der Waals surface area contributed by atoms with Crippen LogP contribution in [0.2, 0.25) is 0 Å². The molecule has 0 bridgehead atoms. The maximum Gasteiger partial charge on any atom is 0.191 e. The van der Waals surface area contributed by atoms with Crippen LogP contribution in [0.5, 0.6) is 0 Å². The summed E-state index contributed by atoms with van der Waals surface area (Å²) in [4.78, 5) is 5.89. The van der Waals surface area contributed by atoms with Gasteiger partial charge in [-0.2, -0.15) is 11.8 Å². The Kier molecular flexibility index (Phi) is 11.5. The highest BCUT2D eigenvalue weighted by atomic mass is 127. The second-order valence-electron chi connectivity index (χ2n) is 4.99. The maximum absolute atomic E-state index is 14.0. The quantitative estimate of drug-likeness (QED) is 0.285. The fraction of sp³-hybridized carbons (Fsp3) is 0.533. The molecule has 1 atom stereocenters. The van der Waals surface area contributed by atoms with Gasteiger partial charge in [-0.3, -0.25) is 4.99 Å². The lowest BCUT2D eigenvalue weighted by atomic mass is 10.0. The zero-order valence-electron chi connectivity index (χ0n) is 13.9. The molecule has 0 fully saturated rings. The van der Waals surface area contributed by atoms with Gasteiger partial charge in [0, 0.05) is 31.5 Å². The molecule has 0 aliphatic heterocycles. The maximum atomic E-state index is 14.0. The van der Waals surface area contributed by atoms with Gasteiger partial charge >= 0.3 is 0 Å². The largest absolute Gasteiger partial charge is 0.356 e. The summed E-state index contributed by atoms with van der Waals surface area (Å²) in [5, 5.41) is 6.27. The molecule has 0 heterocycles. The number of guanidine groups is 1. The standard InChI is InChI=1S/C15H24F2N4S.HI/c1-18-15(19-8-9-22-4)20-10-13(21(2)3)14-11(16)6-5-7-12(14)17;/h5-7,13H,8-10H2,1-4H3,(H2,18,19,20);1H. The molecule has 0 aromatic heterocycles. The molecule has 0 aliphatic rings. The van der Waals surface area contributed by atoms with E-state index in [0.29, 0.717) is 12.5 Å². The van der Waals surface area contributed by atoms with E-state index < -0.39 is 17.7 Å². The molecule has 1 aromatic carbocycles. The van der Waals surface area contributed by atoms with Gasteiger partial charge in [0.1, 0.15) is 11.6 Å². The highest BCUT2D eigenvalue weighted by Gasteiger charge is 2.22. The van der Waals surface area contributed by atoms with Crippen molar-refractivity contribution in [2.75, 3.05) is 46.2 Å². The van der Waals surface area contributed by atoms with E-state index in [-0.39, 0.29) is 29.5 Å². The van der Waals surface area contributed by atoms with Crippen LogP contribution in [-0.4, -0.2) is 57.1 Å². The Balaban J connectivity index is 0.00000484. The van der Waals surface area contributed by atoms with E-state index >= 15 is 0 Å². The lowest BCUT2D eigenvalue weighted by Crippen LogP contribution is -2.42. The number of nitrogens with one attached hydrogen (secondary N) is 2. The van der Waals surface area contributed by atoms with Crippen LogP contribution in [-0.2, 0) is 0 Å². The summed E-state index contributed by atoms with van der Waals surface area (Å²) >= 11 is 1.73. The van der Waals surface area contributed by atoms with Crippen LogP contribution in [0.3, 0.4) is 0 Å². The molecular formula is C15H25F2IN4S. The summed E-state index contributed by atoms with van der Waals surface area (Å²) < 4.78 is 27.9. The third-order valence-corrected chi connectivity index (χ3v) is 3.85. The van der Waals surface area contributed by atoms with Gasteiger partial charge in [0.05, 0.1) is 6.04 Å². The number of thioether (sulfide) groups is 1. The van der Waals surface area contributed by atoms with Crippen LogP contribution in [0.15, 0.2) is 23.2 Å². The van der Waals surface area contributed by atoms with E-state index in [1.165, 1.54) is 18.2 Å². The Labute approximate surface area is 158 Å². The average molecular weight is 458 g/mol. The van der Waals surface area contributed by atoms with Crippen LogP contribution < -0.4 is 10.6 Å². The van der Waals surface area contributed by atoms with Crippen molar-refractivity contribution >= 4 is 41.7 Å². The van der Waals surface area contributed by atoms with Crippen LogP contribution in [0, 0.1) is 11.6 Å². The van der Waals surface area contributed by atoms with Gasteiger partial charge in [-0.25, -0.2) is 8.78 Å². The van der Waals surface area contributed by atoms with Crippen molar-refractivity contribution in [1.29, 1.82) is 0 Å². The van der Waals surface area contributed by atoms with Crippen LogP contribution in [0.4, 0.5) is 8.78 Å². The first-order valence-electron chi connectivity index (χ1n) is 7.05. The van der Waals surface area contributed by atoms with Crippen molar-refractivity contribution in [2.24, 2.45) is 4.99 Å². The van der Waals surface area contributed by atoms with Crippen LogP contribution in [0.25, 0.3) is 0 Å². The highest BCUT2D eigenvalue weighted by molar-refractivity contribution is 14.0. The Morgan fingerprint density at radius 3 is 2.35 bits per heavy atom. The molecular weight excluding hydrogens is 433 g/mol. The first-order valence-corrected chi connectivity index (χ1v) is 8.44. The fourth-order valence-corrected chi connectivity index (χ4v) is 2.36. The molecule has 0 amide bonds. The molecule has 1 rings (SSSR count). The molecule has 0 saturated carbocycles. The van der Waals surface area contributed by atoms with Crippen molar-refractivity contribution in [3.63, 3.8) is 0 Å². The highest BCUT2D eigenvalue weighted by Crippen LogP contribution is 2.23. The zero-order valence-corrected chi connectivity index (χ0v) is 17.0. The van der Waals surface area contributed by atoms with Crippen molar-refractivity contribution in [3.8, 4) is 0 Å². The summed E-state index contributed by atoms with van der Waals surface area (Å²) in [6.45, 7) is 1.13. The summed E-state index contributed by atoms with van der Waals surface area (Å²) in [6, 6.07) is 3.50. The van der Waals surface area contributed by atoms with Gasteiger partial charge in [-0.1, -0.05) is 6.07 Å². The topological polar surface area (TPSA) is 39.7 Å². The lowest BCUT2D eigenvalue weighted by Gasteiger charge is -2.26. The smallest absolute Gasteiger partial charge is 0.191 e. The second-order valence-corrected chi connectivity index (χ2v) is 5.97. The SMILES string of the molecule is CN=C(NCCSC)NCC(c1c(F)cccc1F)N(C)C.I. The van der Waals surface area contributed by atoms with E-state index in [1.807, 2.05) is 6.26 Å². The lowest BCUT2D eigenvalue weighted by molar-refractivity contribution is 0.282. The van der Waals surface area contributed by atoms with E-state index in [2.05, 4.69) is 15.6 Å². The van der Waals surface area contributed by atoms with Crippen LogP contribution >= 0.6 is 35.7 Å². The van der Waals surface area contributed by atoms with Crippen LogP contribution in [0.1, 0.15) is 11.6 Å². The molecule has 4 nitrogen and oxygen atoms in total. The number of halogens is 3. The van der Waals surface area contributed by atoms with Gasteiger partial charge in [0.2, 0.25) is 0 Å². The fourth-order valence-electron chi connectivity index (χ4n) is 2.06. The molecule has 23 heavy (non-hydrogen) atoms. The monoisotopic (exact) mass is 458 g/mol. The molecule has 0 aliphatic carbocycles. The van der Waals surface area contributed by atoms with Gasteiger partial charge in [0.25, 0.3) is 0 Å². The van der Waals surface area contributed by atoms with E-state index in [1.54, 1.807) is 37.8 Å².